The number of rotatable bonds is 11. The van der Waals surface area contributed by atoms with Gasteiger partial charge in [0.05, 0.1) is 19.8 Å². The molecule has 1 amide bonds. The van der Waals surface area contributed by atoms with Crippen LogP contribution in [0, 0.1) is 0 Å². The Morgan fingerprint density at radius 1 is 0.792 bits per heavy atom. The second kappa shape index (κ2) is 18.0. The average Bonchev–Trinajstić information content (AvgIpc) is 3.15. The maximum absolute atomic E-state index is 12.2. The van der Waals surface area contributed by atoms with Crippen molar-refractivity contribution in [2.45, 2.75) is 37.9 Å². The lowest BCUT2D eigenvalue weighted by molar-refractivity contribution is -0.137. The van der Waals surface area contributed by atoms with E-state index in [1.165, 1.54) is 0 Å². The van der Waals surface area contributed by atoms with E-state index in [9.17, 15) is 14.7 Å². The number of amides is 1. The molecule has 4 unspecified atom stereocenters. The summed E-state index contributed by atoms with van der Waals surface area (Å²) in [4.78, 5) is 23.6. The number of hydrogen-bond donors (Lipinski definition) is 3. The Labute approximate surface area is 280 Å². The Hall–Kier alpha value is -4.74. The molecule has 252 valence electrons. The Morgan fingerprint density at radius 3 is 1.96 bits per heavy atom. The first-order chi connectivity index (χ1) is 23.6. The summed E-state index contributed by atoms with van der Waals surface area (Å²) in [6.07, 6.45) is -1.11. The molecule has 0 radical (unpaired) electrons. The van der Waals surface area contributed by atoms with Gasteiger partial charge in [0.2, 0.25) is 5.91 Å². The molecule has 2 fully saturated rings. The first-order valence-electron chi connectivity index (χ1n) is 16.2. The van der Waals surface area contributed by atoms with Crippen molar-refractivity contribution in [3.63, 3.8) is 0 Å². The van der Waals surface area contributed by atoms with Gasteiger partial charge in [0, 0.05) is 25.2 Å². The summed E-state index contributed by atoms with van der Waals surface area (Å²) >= 11 is 0. The van der Waals surface area contributed by atoms with Crippen LogP contribution >= 0.6 is 0 Å². The first kappa shape index (κ1) is 34.6. The normalized spacial score (nSPS) is 18.7. The molecule has 2 saturated heterocycles. The van der Waals surface area contributed by atoms with E-state index in [0.29, 0.717) is 30.2 Å². The second-order valence-corrected chi connectivity index (χ2v) is 11.1. The maximum Gasteiger partial charge on any atom is 0.341 e. The Kier molecular flexibility index (Phi) is 13.0. The van der Waals surface area contributed by atoms with Crippen LogP contribution in [0.3, 0.4) is 0 Å². The zero-order valence-electron chi connectivity index (χ0n) is 27.0. The van der Waals surface area contributed by atoms with Gasteiger partial charge in [0.1, 0.15) is 35.9 Å². The van der Waals surface area contributed by atoms with Gasteiger partial charge in [-0.1, -0.05) is 91.0 Å². The number of para-hydroxylation sites is 2. The fourth-order valence-corrected chi connectivity index (χ4v) is 5.45. The number of carbonyl (C=O) groups excluding carboxylic acids is 2. The lowest BCUT2D eigenvalue weighted by atomic mass is 10.0. The van der Waals surface area contributed by atoms with Crippen LogP contribution in [-0.2, 0) is 25.6 Å². The summed E-state index contributed by atoms with van der Waals surface area (Å²) < 4.78 is 29.1. The number of nitrogens with one attached hydrogen (secondary N) is 2. The minimum atomic E-state index is -0.479. The molecule has 2 heterocycles. The van der Waals surface area contributed by atoms with Crippen molar-refractivity contribution in [2.75, 3.05) is 39.5 Å². The third-order valence-electron chi connectivity index (χ3n) is 7.85. The topological polar surface area (TPSA) is 125 Å². The van der Waals surface area contributed by atoms with Crippen molar-refractivity contribution in [3.8, 4) is 11.5 Å². The minimum Gasteiger partial charge on any atom is -0.483 e. The van der Waals surface area contributed by atoms with E-state index in [2.05, 4.69) is 10.6 Å². The third-order valence-corrected chi connectivity index (χ3v) is 7.85. The number of morpholine rings is 2. The standard InChI is InChI=1S/C20H21NO5.C18H21NO3/c1-2-24-20(23)15-10-6-7-11-16(15)26-19(14-8-4-3-5-9-14)17-12-21-18(22)13-25-17;20-13-15-8-4-5-9-16(15)22-18(14-6-2-1-3-7-14)17-12-19-10-11-21-17/h3-11,17,19H,2,12-13H2,1H3,(H,21,22);1-9,17-20H,10-13H2. The van der Waals surface area contributed by atoms with E-state index < -0.39 is 12.1 Å². The highest BCUT2D eigenvalue weighted by Gasteiger charge is 2.31. The second-order valence-electron chi connectivity index (χ2n) is 11.1. The van der Waals surface area contributed by atoms with Crippen molar-refractivity contribution in [1.29, 1.82) is 0 Å². The number of hydrogen-bond acceptors (Lipinski definition) is 9. The molecule has 2 aliphatic heterocycles. The van der Waals surface area contributed by atoms with Gasteiger partial charge in [-0.05, 0) is 36.2 Å². The van der Waals surface area contributed by atoms with Crippen molar-refractivity contribution in [2.24, 2.45) is 0 Å². The molecule has 6 rings (SSSR count). The molecule has 10 heteroatoms. The monoisotopic (exact) mass is 654 g/mol. The fourth-order valence-electron chi connectivity index (χ4n) is 5.45. The highest BCUT2D eigenvalue weighted by atomic mass is 16.6. The molecule has 0 aromatic heterocycles. The summed E-state index contributed by atoms with van der Waals surface area (Å²) in [7, 11) is 0. The van der Waals surface area contributed by atoms with Crippen molar-refractivity contribution in [1.82, 2.24) is 10.6 Å². The van der Waals surface area contributed by atoms with Crippen LogP contribution in [0.2, 0.25) is 0 Å². The first-order valence-corrected chi connectivity index (χ1v) is 16.2. The quantitative estimate of drug-likeness (QED) is 0.196. The van der Waals surface area contributed by atoms with Crippen LogP contribution < -0.4 is 20.1 Å². The molecule has 4 atom stereocenters. The smallest absolute Gasteiger partial charge is 0.341 e. The molecular formula is C38H42N2O8. The average molecular weight is 655 g/mol. The summed E-state index contributed by atoms with van der Waals surface area (Å²) in [5.41, 5.74) is 3.11. The predicted octanol–water partition coefficient (Wildman–Crippen LogP) is 4.79. The van der Waals surface area contributed by atoms with Crippen LogP contribution in [0.25, 0.3) is 0 Å². The largest absolute Gasteiger partial charge is 0.483 e. The van der Waals surface area contributed by atoms with Crippen LogP contribution in [0.5, 0.6) is 11.5 Å². The summed E-state index contributed by atoms with van der Waals surface area (Å²) in [6, 6.07) is 34.2. The summed E-state index contributed by atoms with van der Waals surface area (Å²) in [5, 5.41) is 15.6. The van der Waals surface area contributed by atoms with Crippen LogP contribution in [0.4, 0.5) is 0 Å². The number of benzene rings is 4. The van der Waals surface area contributed by atoms with Gasteiger partial charge in [-0.3, -0.25) is 4.79 Å². The molecular weight excluding hydrogens is 612 g/mol. The molecule has 0 spiro atoms. The number of carbonyl (C=O) groups is 2. The van der Waals surface area contributed by atoms with Crippen LogP contribution in [-0.4, -0.2) is 68.6 Å². The van der Waals surface area contributed by atoms with Crippen LogP contribution in [0.15, 0.2) is 109 Å². The fraction of sp³-hybridized carbons (Fsp3) is 0.316. The van der Waals surface area contributed by atoms with E-state index in [-0.39, 0.29) is 44.0 Å². The number of esters is 1. The number of ether oxygens (including phenoxy) is 5. The highest BCUT2D eigenvalue weighted by molar-refractivity contribution is 5.92. The van der Waals surface area contributed by atoms with E-state index in [1.54, 1.807) is 31.2 Å². The van der Waals surface area contributed by atoms with Gasteiger partial charge >= 0.3 is 5.97 Å². The third kappa shape index (κ3) is 9.42. The van der Waals surface area contributed by atoms with E-state index in [1.807, 2.05) is 84.9 Å². The maximum atomic E-state index is 12.2. The van der Waals surface area contributed by atoms with Gasteiger partial charge < -0.3 is 39.4 Å². The van der Waals surface area contributed by atoms with E-state index >= 15 is 0 Å². The lowest BCUT2D eigenvalue weighted by Crippen LogP contribution is -2.46. The van der Waals surface area contributed by atoms with E-state index in [0.717, 1.165) is 29.8 Å². The molecule has 4 aromatic rings. The van der Waals surface area contributed by atoms with Gasteiger partial charge in [-0.25, -0.2) is 4.79 Å². The van der Waals surface area contributed by atoms with Gasteiger partial charge in [-0.2, -0.15) is 0 Å². The molecule has 4 aromatic carbocycles. The van der Waals surface area contributed by atoms with Gasteiger partial charge in [-0.15, -0.1) is 0 Å². The Morgan fingerprint density at radius 2 is 1.38 bits per heavy atom. The molecule has 3 N–H and O–H groups in total. The number of aliphatic hydroxyl groups is 1. The summed E-state index contributed by atoms with van der Waals surface area (Å²) in [6.45, 7) is 4.61. The molecule has 0 bridgehead atoms. The zero-order valence-corrected chi connectivity index (χ0v) is 27.0. The lowest BCUT2D eigenvalue weighted by Gasteiger charge is -2.32. The Bertz CT molecular complexity index is 1570. The molecule has 2 aliphatic rings. The van der Waals surface area contributed by atoms with Crippen molar-refractivity contribution < 1.29 is 38.4 Å². The highest BCUT2D eigenvalue weighted by Crippen LogP contribution is 2.31. The predicted molar refractivity (Wildman–Crippen MR) is 180 cm³/mol. The molecule has 10 nitrogen and oxygen atoms in total. The minimum absolute atomic E-state index is 0.0170. The van der Waals surface area contributed by atoms with Gasteiger partial charge in [0.15, 0.2) is 12.2 Å². The molecule has 0 aliphatic carbocycles. The summed E-state index contributed by atoms with van der Waals surface area (Å²) in [5.74, 6) is 0.529. The Balaban J connectivity index is 0.000000190. The van der Waals surface area contributed by atoms with E-state index in [4.69, 9.17) is 23.7 Å². The van der Waals surface area contributed by atoms with Gasteiger partial charge in [0.25, 0.3) is 0 Å². The van der Waals surface area contributed by atoms with Crippen LogP contribution in [0.1, 0.15) is 46.2 Å². The molecule has 48 heavy (non-hydrogen) atoms. The number of aliphatic hydroxyl groups excluding tert-OH is 1. The molecule has 0 saturated carbocycles. The zero-order chi connectivity index (χ0) is 33.6. The SMILES string of the molecule is CCOC(=O)c1ccccc1OC(c1ccccc1)C1CNC(=O)CO1.OCc1ccccc1OC(c1ccccc1)C1CNCCO1. The van der Waals surface area contributed by atoms with Crippen molar-refractivity contribution in [3.05, 3.63) is 131 Å². The van der Waals surface area contributed by atoms with Crippen molar-refractivity contribution >= 4 is 11.9 Å².